The Morgan fingerprint density at radius 2 is 2.20 bits per heavy atom. The zero-order valence-corrected chi connectivity index (χ0v) is 12.4. The highest BCUT2D eigenvalue weighted by Crippen LogP contribution is 2.32. The first-order valence-corrected chi connectivity index (χ1v) is 6.45. The highest BCUT2D eigenvalue weighted by molar-refractivity contribution is 9.10. The number of aryl methyl sites for hydroxylation is 1. The summed E-state index contributed by atoms with van der Waals surface area (Å²) in [5.41, 5.74) is 0.215. The van der Waals surface area contributed by atoms with Crippen molar-refractivity contribution in [1.82, 2.24) is 9.97 Å². The molecule has 104 valence electrons. The first kappa shape index (κ1) is 14.7. The zero-order chi connectivity index (χ0) is 14.9. The van der Waals surface area contributed by atoms with Gasteiger partial charge in [0.05, 0.1) is 20.8 Å². The van der Waals surface area contributed by atoms with Gasteiger partial charge >= 0.3 is 12.0 Å². The van der Waals surface area contributed by atoms with Crippen molar-refractivity contribution >= 4 is 33.5 Å². The topological polar surface area (TPSA) is 72.3 Å². The van der Waals surface area contributed by atoms with Crippen molar-refractivity contribution in [3.05, 3.63) is 44.9 Å². The Labute approximate surface area is 126 Å². The minimum atomic E-state index is -1.13. The standard InChI is InChI=1S/C12H7BrClFN2O3/c1-5-6(11(18)19)4-16-12(17-5)20-10-3-9(15)8(14)2-7(10)13/h2-4H,1H3,(H,18,19). The molecule has 0 atom stereocenters. The lowest BCUT2D eigenvalue weighted by Gasteiger charge is -2.08. The molecule has 20 heavy (non-hydrogen) atoms. The molecule has 0 aliphatic carbocycles. The maximum atomic E-state index is 13.4. The summed E-state index contributed by atoms with van der Waals surface area (Å²) in [7, 11) is 0. The molecule has 8 heteroatoms. The van der Waals surface area contributed by atoms with Gasteiger partial charge in [0, 0.05) is 12.3 Å². The van der Waals surface area contributed by atoms with E-state index in [0.717, 1.165) is 12.3 Å². The van der Waals surface area contributed by atoms with E-state index in [-0.39, 0.29) is 28.0 Å². The number of carbonyl (C=O) groups is 1. The molecule has 0 bridgehead atoms. The number of hydrogen-bond acceptors (Lipinski definition) is 4. The predicted molar refractivity (Wildman–Crippen MR) is 72.9 cm³/mol. The van der Waals surface area contributed by atoms with Gasteiger partial charge in [0.15, 0.2) is 0 Å². The molecule has 2 rings (SSSR count). The molecule has 0 aliphatic rings. The lowest BCUT2D eigenvalue weighted by Crippen LogP contribution is -2.04. The van der Waals surface area contributed by atoms with Crippen LogP contribution >= 0.6 is 27.5 Å². The van der Waals surface area contributed by atoms with Crippen LogP contribution in [0.2, 0.25) is 5.02 Å². The van der Waals surface area contributed by atoms with Crippen LogP contribution in [0.4, 0.5) is 4.39 Å². The quantitative estimate of drug-likeness (QED) is 0.841. The van der Waals surface area contributed by atoms with Gasteiger partial charge in [-0.2, -0.15) is 4.98 Å². The maximum Gasteiger partial charge on any atom is 0.339 e. The van der Waals surface area contributed by atoms with Crippen LogP contribution in [0.25, 0.3) is 0 Å². The number of aromatic nitrogens is 2. The first-order valence-electron chi connectivity index (χ1n) is 5.28. The number of nitrogens with zero attached hydrogens (tertiary/aromatic N) is 2. The Kier molecular flexibility index (Phi) is 4.20. The Morgan fingerprint density at radius 3 is 2.80 bits per heavy atom. The van der Waals surface area contributed by atoms with Crippen LogP contribution in [0.15, 0.2) is 22.8 Å². The Bertz CT molecular complexity index is 697. The summed E-state index contributed by atoms with van der Waals surface area (Å²) in [6, 6.07) is 2.33. The summed E-state index contributed by atoms with van der Waals surface area (Å²) in [6.07, 6.45) is 1.13. The SMILES string of the molecule is Cc1nc(Oc2cc(F)c(Cl)cc2Br)ncc1C(=O)O. The Hall–Kier alpha value is -1.73. The fourth-order valence-corrected chi connectivity index (χ4v) is 2.11. The zero-order valence-electron chi connectivity index (χ0n) is 10.0. The molecule has 0 radical (unpaired) electrons. The molecule has 0 saturated heterocycles. The van der Waals surface area contributed by atoms with Gasteiger partial charge in [0.1, 0.15) is 11.6 Å². The Balaban J connectivity index is 2.33. The van der Waals surface area contributed by atoms with Crippen LogP contribution in [0.5, 0.6) is 11.8 Å². The number of halogens is 3. The molecular weight excluding hydrogens is 354 g/mol. The summed E-state index contributed by atoms with van der Waals surface area (Å²) in [5, 5.41) is 8.81. The molecule has 5 nitrogen and oxygen atoms in total. The molecule has 1 aromatic carbocycles. The van der Waals surface area contributed by atoms with Crippen LogP contribution in [-0.4, -0.2) is 21.0 Å². The van der Waals surface area contributed by atoms with Crippen molar-refractivity contribution in [3.8, 4) is 11.8 Å². The van der Waals surface area contributed by atoms with E-state index in [1.165, 1.54) is 13.0 Å². The molecule has 0 unspecified atom stereocenters. The lowest BCUT2D eigenvalue weighted by molar-refractivity contribution is 0.0695. The lowest BCUT2D eigenvalue weighted by atomic mass is 10.2. The second kappa shape index (κ2) is 5.72. The fourth-order valence-electron chi connectivity index (χ4n) is 1.39. The van der Waals surface area contributed by atoms with Crippen LogP contribution in [-0.2, 0) is 0 Å². The van der Waals surface area contributed by atoms with E-state index >= 15 is 0 Å². The molecule has 1 heterocycles. The van der Waals surface area contributed by atoms with E-state index in [1.54, 1.807) is 0 Å². The van der Waals surface area contributed by atoms with Crippen LogP contribution in [0.1, 0.15) is 16.1 Å². The molecule has 0 saturated carbocycles. The number of aromatic carboxylic acids is 1. The summed E-state index contributed by atoms with van der Waals surface area (Å²) >= 11 is 8.78. The largest absolute Gasteiger partial charge is 0.478 e. The number of hydrogen-bond donors (Lipinski definition) is 1. The fraction of sp³-hybridized carbons (Fsp3) is 0.0833. The molecular formula is C12H7BrClFN2O3. The highest BCUT2D eigenvalue weighted by atomic mass is 79.9. The third-order valence-electron chi connectivity index (χ3n) is 2.36. The number of carboxylic acids is 1. The summed E-state index contributed by atoms with van der Waals surface area (Å²) in [5.74, 6) is -1.65. The van der Waals surface area contributed by atoms with Crippen molar-refractivity contribution < 1.29 is 19.0 Å². The number of carboxylic acid groups (broad SMARTS) is 1. The van der Waals surface area contributed by atoms with Gasteiger partial charge in [0.25, 0.3) is 0 Å². The minimum Gasteiger partial charge on any atom is -0.478 e. The minimum absolute atomic E-state index is 0.0290. The van der Waals surface area contributed by atoms with Crippen LogP contribution in [0.3, 0.4) is 0 Å². The van der Waals surface area contributed by atoms with E-state index in [0.29, 0.717) is 4.47 Å². The second-order valence-electron chi connectivity index (χ2n) is 3.76. The van der Waals surface area contributed by atoms with Gasteiger partial charge in [-0.25, -0.2) is 14.2 Å². The Morgan fingerprint density at radius 1 is 1.50 bits per heavy atom. The van der Waals surface area contributed by atoms with Gasteiger partial charge in [-0.1, -0.05) is 11.6 Å². The summed E-state index contributed by atoms with van der Waals surface area (Å²) < 4.78 is 19.1. The number of benzene rings is 1. The second-order valence-corrected chi connectivity index (χ2v) is 5.02. The normalized spacial score (nSPS) is 10.4. The first-order chi connectivity index (χ1) is 9.38. The van der Waals surface area contributed by atoms with E-state index < -0.39 is 11.8 Å². The van der Waals surface area contributed by atoms with Gasteiger partial charge in [-0.05, 0) is 28.9 Å². The van der Waals surface area contributed by atoms with E-state index in [9.17, 15) is 9.18 Å². The van der Waals surface area contributed by atoms with Gasteiger partial charge in [0.2, 0.25) is 0 Å². The summed E-state index contributed by atoms with van der Waals surface area (Å²) in [4.78, 5) is 18.5. The molecule has 0 fully saturated rings. The van der Waals surface area contributed by atoms with Crippen molar-refractivity contribution in [3.63, 3.8) is 0 Å². The number of ether oxygens (including phenoxy) is 1. The molecule has 1 N–H and O–H groups in total. The van der Waals surface area contributed by atoms with Crippen LogP contribution in [0, 0.1) is 12.7 Å². The van der Waals surface area contributed by atoms with E-state index in [4.69, 9.17) is 21.4 Å². The van der Waals surface area contributed by atoms with Crippen molar-refractivity contribution in [2.24, 2.45) is 0 Å². The monoisotopic (exact) mass is 360 g/mol. The average Bonchev–Trinajstić information content (AvgIpc) is 2.35. The molecule has 2 aromatic rings. The van der Waals surface area contributed by atoms with Crippen molar-refractivity contribution in [2.75, 3.05) is 0 Å². The highest BCUT2D eigenvalue weighted by Gasteiger charge is 2.13. The van der Waals surface area contributed by atoms with Gasteiger partial charge < -0.3 is 9.84 Å². The maximum absolute atomic E-state index is 13.4. The molecule has 0 spiro atoms. The third kappa shape index (κ3) is 3.05. The third-order valence-corrected chi connectivity index (χ3v) is 3.27. The summed E-state index contributed by atoms with van der Waals surface area (Å²) in [6.45, 7) is 1.51. The van der Waals surface area contributed by atoms with Gasteiger partial charge in [-0.3, -0.25) is 0 Å². The molecule has 0 amide bonds. The van der Waals surface area contributed by atoms with Gasteiger partial charge in [-0.15, -0.1) is 0 Å². The molecule has 0 aliphatic heterocycles. The van der Waals surface area contributed by atoms with Crippen molar-refractivity contribution in [1.29, 1.82) is 0 Å². The predicted octanol–water partition coefficient (Wildman–Crippen LogP) is 3.83. The van der Waals surface area contributed by atoms with Crippen molar-refractivity contribution in [2.45, 2.75) is 6.92 Å². The molecule has 1 aromatic heterocycles. The van der Waals surface area contributed by atoms with E-state index in [1.807, 2.05) is 0 Å². The smallest absolute Gasteiger partial charge is 0.339 e. The average molecular weight is 362 g/mol. The number of rotatable bonds is 3. The van der Waals surface area contributed by atoms with E-state index in [2.05, 4.69) is 25.9 Å². The van der Waals surface area contributed by atoms with Crippen LogP contribution < -0.4 is 4.74 Å².